The Hall–Kier alpha value is -1.24. The van der Waals surface area contributed by atoms with Gasteiger partial charge >= 0.3 is 11.7 Å². The number of H-pyrrole nitrogens is 1. The third-order valence-corrected chi connectivity index (χ3v) is 3.68. The highest BCUT2D eigenvalue weighted by Gasteiger charge is 2.26. The molecule has 6 nitrogen and oxygen atoms in total. The standard InChI is InChI=1S/C11H19N3O3S/c1-7(2)14-9(17)12-13-10(14)18-6-5-11(3,4)8(15)16/h7H,5-6H2,1-4H3,(H,12,17)(H,15,16). The Morgan fingerprint density at radius 2 is 2.17 bits per heavy atom. The number of carboxylic acid groups (broad SMARTS) is 1. The van der Waals surface area contributed by atoms with E-state index in [4.69, 9.17) is 5.11 Å². The summed E-state index contributed by atoms with van der Waals surface area (Å²) in [5.41, 5.74) is -0.989. The van der Waals surface area contributed by atoms with Crippen LogP contribution in [0.25, 0.3) is 0 Å². The maximum absolute atomic E-state index is 11.5. The Kier molecular flexibility index (Phi) is 4.61. The van der Waals surface area contributed by atoms with Gasteiger partial charge in [-0.2, -0.15) is 0 Å². The number of carboxylic acids is 1. The minimum Gasteiger partial charge on any atom is -0.481 e. The second-order valence-corrected chi connectivity index (χ2v) is 6.12. The molecule has 0 aliphatic heterocycles. The van der Waals surface area contributed by atoms with E-state index in [1.165, 1.54) is 11.8 Å². The van der Waals surface area contributed by atoms with Gasteiger partial charge in [0.1, 0.15) is 0 Å². The monoisotopic (exact) mass is 273 g/mol. The van der Waals surface area contributed by atoms with Crippen molar-refractivity contribution in [2.75, 3.05) is 5.75 Å². The Balaban J connectivity index is 2.66. The maximum atomic E-state index is 11.5. The molecule has 7 heteroatoms. The van der Waals surface area contributed by atoms with Crippen LogP contribution < -0.4 is 5.69 Å². The summed E-state index contributed by atoms with van der Waals surface area (Å²) in [4.78, 5) is 22.4. The molecule has 0 aromatic carbocycles. The van der Waals surface area contributed by atoms with Gasteiger partial charge in [-0.15, -0.1) is 5.10 Å². The van der Waals surface area contributed by atoms with Crippen LogP contribution in [-0.4, -0.2) is 31.6 Å². The predicted molar refractivity (Wildman–Crippen MR) is 70.0 cm³/mol. The average Bonchev–Trinajstić information content (AvgIpc) is 2.59. The van der Waals surface area contributed by atoms with Gasteiger partial charge in [-0.3, -0.25) is 9.36 Å². The molecule has 102 valence electrons. The number of rotatable bonds is 6. The third kappa shape index (κ3) is 3.38. The molecule has 1 rings (SSSR count). The van der Waals surface area contributed by atoms with E-state index < -0.39 is 11.4 Å². The van der Waals surface area contributed by atoms with E-state index in [0.29, 0.717) is 17.3 Å². The van der Waals surface area contributed by atoms with Gasteiger partial charge in [0.15, 0.2) is 5.16 Å². The summed E-state index contributed by atoms with van der Waals surface area (Å²) in [6, 6.07) is 0.0335. The van der Waals surface area contributed by atoms with E-state index in [-0.39, 0.29) is 11.7 Å². The van der Waals surface area contributed by atoms with Crippen molar-refractivity contribution in [1.29, 1.82) is 0 Å². The molecule has 0 unspecified atom stereocenters. The molecule has 0 aliphatic rings. The van der Waals surface area contributed by atoms with Crippen LogP contribution in [0.4, 0.5) is 0 Å². The molecule has 1 heterocycles. The molecule has 0 radical (unpaired) electrons. The van der Waals surface area contributed by atoms with Crippen LogP contribution in [0.5, 0.6) is 0 Å². The summed E-state index contributed by atoms with van der Waals surface area (Å²) in [6.45, 7) is 7.19. The van der Waals surface area contributed by atoms with Gasteiger partial charge in [0.2, 0.25) is 0 Å². The first-order valence-electron chi connectivity index (χ1n) is 5.79. The van der Waals surface area contributed by atoms with Gasteiger partial charge in [0.05, 0.1) is 5.41 Å². The van der Waals surface area contributed by atoms with Crippen molar-refractivity contribution >= 4 is 17.7 Å². The second kappa shape index (κ2) is 5.60. The van der Waals surface area contributed by atoms with Gasteiger partial charge < -0.3 is 5.11 Å². The van der Waals surface area contributed by atoms with Crippen molar-refractivity contribution in [2.24, 2.45) is 5.41 Å². The number of nitrogens with one attached hydrogen (secondary N) is 1. The zero-order valence-electron chi connectivity index (χ0n) is 11.1. The first-order valence-corrected chi connectivity index (χ1v) is 6.77. The summed E-state index contributed by atoms with van der Waals surface area (Å²) in [7, 11) is 0. The van der Waals surface area contributed by atoms with Gasteiger partial charge in [0, 0.05) is 11.8 Å². The molecule has 2 N–H and O–H groups in total. The Morgan fingerprint density at radius 3 is 2.67 bits per heavy atom. The fourth-order valence-corrected chi connectivity index (χ4v) is 2.69. The maximum Gasteiger partial charge on any atom is 0.344 e. The van der Waals surface area contributed by atoms with E-state index in [0.717, 1.165) is 0 Å². The molecule has 0 aliphatic carbocycles. The van der Waals surface area contributed by atoms with E-state index in [9.17, 15) is 9.59 Å². The quantitative estimate of drug-likeness (QED) is 0.771. The van der Waals surface area contributed by atoms with Crippen LogP contribution in [0.15, 0.2) is 9.95 Å². The number of aliphatic carboxylic acids is 1. The van der Waals surface area contributed by atoms with Crippen molar-refractivity contribution in [1.82, 2.24) is 14.8 Å². The van der Waals surface area contributed by atoms with Crippen LogP contribution in [0.2, 0.25) is 0 Å². The predicted octanol–water partition coefficient (Wildman–Crippen LogP) is 1.75. The molecule has 0 saturated carbocycles. The highest BCUT2D eigenvalue weighted by atomic mass is 32.2. The smallest absolute Gasteiger partial charge is 0.344 e. The first kappa shape index (κ1) is 14.8. The highest BCUT2D eigenvalue weighted by Crippen LogP contribution is 2.26. The van der Waals surface area contributed by atoms with Crippen LogP contribution >= 0.6 is 11.8 Å². The Morgan fingerprint density at radius 1 is 1.56 bits per heavy atom. The molecule has 0 atom stereocenters. The topological polar surface area (TPSA) is 88.0 Å². The van der Waals surface area contributed by atoms with Crippen molar-refractivity contribution in [3.05, 3.63) is 10.5 Å². The first-order chi connectivity index (χ1) is 8.25. The Labute approximate surface area is 110 Å². The van der Waals surface area contributed by atoms with Crippen LogP contribution in [0.1, 0.15) is 40.2 Å². The number of aromatic amines is 1. The molecule has 0 spiro atoms. The lowest BCUT2D eigenvalue weighted by atomic mass is 9.91. The second-order valence-electron chi connectivity index (χ2n) is 5.06. The number of thioether (sulfide) groups is 1. The zero-order chi connectivity index (χ0) is 13.9. The van der Waals surface area contributed by atoms with Crippen LogP contribution in [-0.2, 0) is 4.79 Å². The van der Waals surface area contributed by atoms with Crippen molar-refractivity contribution < 1.29 is 9.90 Å². The van der Waals surface area contributed by atoms with Gasteiger partial charge in [-0.05, 0) is 34.1 Å². The van der Waals surface area contributed by atoms with Crippen molar-refractivity contribution in [3.63, 3.8) is 0 Å². The number of aromatic nitrogens is 3. The minimum absolute atomic E-state index is 0.0335. The summed E-state index contributed by atoms with van der Waals surface area (Å²) in [5, 5.41) is 16.0. The molecular formula is C11H19N3O3S. The lowest BCUT2D eigenvalue weighted by molar-refractivity contribution is -0.146. The summed E-state index contributed by atoms with van der Waals surface area (Å²) in [6.07, 6.45) is 0.520. The van der Waals surface area contributed by atoms with E-state index >= 15 is 0 Å². The average molecular weight is 273 g/mol. The van der Waals surface area contributed by atoms with E-state index in [2.05, 4.69) is 10.2 Å². The lowest BCUT2D eigenvalue weighted by Gasteiger charge is -2.18. The van der Waals surface area contributed by atoms with Crippen LogP contribution in [0.3, 0.4) is 0 Å². The molecule has 0 fully saturated rings. The molecular weight excluding hydrogens is 254 g/mol. The van der Waals surface area contributed by atoms with Gasteiger partial charge in [-0.1, -0.05) is 11.8 Å². The Bertz CT molecular complexity index is 476. The minimum atomic E-state index is -0.814. The number of hydrogen-bond acceptors (Lipinski definition) is 4. The largest absolute Gasteiger partial charge is 0.481 e. The molecule has 0 bridgehead atoms. The molecule has 1 aromatic heterocycles. The van der Waals surface area contributed by atoms with Crippen molar-refractivity contribution in [3.8, 4) is 0 Å². The highest BCUT2D eigenvalue weighted by molar-refractivity contribution is 7.99. The third-order valence-electron chi connectivity index (χ3n) is 2.73. The van der Waals surface area contributed by atoms with Gasteiger partial charge in [0.25, 0.3) is 0 Å². The van der Waals surface area contributed by atoms with Gasteiger partial charge in [-0.25, -0.2) is 9.89 Å². The van der Waals surface area contributed by atoms with E-state index in [1.54, 1.807) is 18.4 Å². The SMILES string of the molecule is CC(C)n1c(SCCC(C)(C)C(=O)O)n[nH]c1=O. The molecule has 0 amide bonds. The summed E-state index contributed by atoms with van der Waals surface area (Å²) >= 11 is 1.40. The van der Waals surface area contributed by atoms with E-state index in [1.807, 2.05) is 13.8 Å². The molecule has 1 aromatic rings. The summed E-state index contributed by atoms with van der Waals surface area (Å²) < 4.78 is 1.57. The lowest BCUT2D eigenvalue weighted by Crippen LogP contribution is -2.24. The fraction of sp³-hybridized carbons (Fsp3) is 0.727. The molecule has 0 saturated heterocycles. The number of hydrogen-bond donors (Lipinski definition) is 2. The zero-order valence-corrected chi connectivity index (χ0v) is 11.9. The summed E-state index contributed by atoms with van der Waals surface area (Å²) in [5.74, 6) is -0.206. The van der Waals surface area contributed by atoms with Crippen molar-refractivity contribution in [2.45, 2.75) is 45.3 Å². The van der Waals surface area contributed by atoms with Crippen LogP contribution in [0, 0.1) is 5.41 Å². The fourth-order valence-electron chi connectivity index (χ4n) is 1.35. The normalized spacial score (nSPS) is 12.1. The number of nitrogens with zero attached hydrogens (tertiary/aromatic N) is 2. The number of carbonyl (C=O) groups is 1. The molecule has 18 heavy (non-hydrogen) atoms.